The van der Waals surface area contributed by atoms with Crippen LogP contribution in [0.15, 0.2) is 12.7 Å². The maximum atomic E-state index is 11.7. The maximum absolute atomic E-state index is 11.7. The standard InChI is InChI=1S/C10H11N3O6/c1-3-4-12-7(15)8(16)13(10(12)18)5-6(14)11-9(17)19-2/h3H,1,4-5H2,2H3,(H,11,14,17). The van der Waals surface area contributed by atoms with Gasteiger partial charge in [-0.2, -0.15) is 0 Å². The van der Waals surface area contributed by atoms with Crippen molar-refractivity contribution in [1.29, 1.82) is 0 Å². The van der Waals surface area contributed by atoms with Crippen LogP contribution in [0.2, 0.25) is 0 Å². The number of rotatable bonds is 4. The molecule has 9 nitrogen and oxygen atoms in total. The molecule has 0 atom stereocenters. The summed E-state index contributed by atoms with van der Waals surface area (Å²) in [6, 6.07) is -0.935. The van der Waals surface area contributed by atoms with Gasteiger partial charge in [0.25, 0.3) is 0 Å². The molecule has 19 heavy (non-hydrogen) atoms. The molecule has 0 aromatic rings. The smallest absolute Gasteiger partial charge is 0.413 e. The Kier molecular flexibility index (Phi) is 4.35. The Bertz CT molecular complexity index is 472. The van der Waals surface area contributed by atoms with Crippen LogP contribution in [-0.4, -0.2) is 59.8 Å². The summed E-state index contributed by atoms with van der Waals surface area (Å²) >= 11 is 0. The lowest BCUT2D eigenvalue weighted by molar-refractivity contribution is -0.143. The monoisotopic (exact) mass is 269 g/mol. The van der Waals surface area contributed by atoms with Gasteiger partial charge in [0.15, 0.2) is 0 Å². The number of nitrogens with one attached hydrogen (secondary N) is 1. The van der Waals surface area contributed by atoms with Crippen LogP contribution >= 0.6 is 0 Å². The molecule has 6 amide bonds. The van der Waals surface area contributed by atoms with Crippen LogP contribution in [0, 0.1) is 0 Å². The molecule has 0 saturated carbocycles. The molecule has 0 aliphatic carbocycles. The van der Waals surface area contributed by atoms with Crippen LogP contribution in [0.3, 0.4) is 0 Å². The van der Waals surface area contributed by atoms with E-state index in [0.717, 1.165) is 7.11 Å². The molecule has 0 spiro atoms. The zero-order valence-electron chi connectivity index (χ0n) is 10.0. The van der Waals surface area contributed by atoms with E-state index >= 15 is 0 Å². The van der Waals surface area contributed by atoms with Crippen molar-refractivity contribution in [2.24, 2.45) is 0 Å². The number of imide groups is 3. The zero-order valence-corrected chi connectivity index (χ0v) is 10.0. The van der Waals surface area contributed by atoms with Gasteiger partial charge in [0.2, 0.25) is 5.91 Å². The molecule has 1 N–H and O–H groups in total. The molecular weight excluding hydrogens is 258 g/mol. The molecule has 0 aromatic heterocycles. The van der Waals surface area contributed by atoms with E-state index < -0.39 is 36.4 Å². The van der Waals surface area contributed by atoms with Crippen molar-refractivity contribution in [3.8, 4) is 0 Å². The molecular formula is C10H11N3O6. The summed E-state index contributed by atoms with van der Waals surface area (Å²) < 4.78 is 4.17. The van der Waals surface area contributed by atoms with Gasteiger partial charge in [0.1, 0.15) is 6.54 Å². The predicted octanol–water partition coefficient (Wildman–Crippen LogP) is -1.15. The molecule has 1 aliphatic heterocycles. The fourth-order valence-corrected chi connectivity index (χ4v) is 1.33. The Morgan fingerprint density at radius 3 is 2.37 bits per heavy atom. The van der Waals surface area contributed by atoms with Crippen molar-refractivity contribution in [2.75, 3.05) is 20.2 Å². The van der Waals surface area contributed by atoms with E-state index in [4.69, 9.17) is 0 Å². The minimum absolute atomic E-state index is 0.140. The second kappa shape index (κ2) is 5.76. The highest BCUT2D eigenvalue weighted by molar-refractivity contribution is 6.45. The molecule has 0 radical (unpaired) electrons. The molecule has 1 fully saturated rings. The van der Waals surface area contributed by atoms with Gasteiger partial charge in [-0.15, -0.1) is 6.58 Å². The highest BCUT2D eigenvalue weighted by atomic mass is 16.5. The summed E-state index contributed by atoms with van der Waals surface area (Å²) in [6.07, 6.45) is 0.236. The Morgan fingerprint density at radius 1 is 1.26 bits per heavy atom. The van der Waals surface area contributed by atoms with Crippen molar-refractivity contribution in [1.82, 2.24) is 15.1 Å². The maximum Gasteiger partial charge on any atom is 0.413 e. The van der Waals surface area contributed by atoms with Crippen LogP contribution < -0.4 is 5.32 Å². The first-order valence-electron chi connectivity index (χ1n) is 5.08. The first-order chi connectivity index (χ1) is 8.92. The lowest BCUT2D eigenvalue weighted by Gasteiger charge is -2.13. The number of alkyl carbamates (subject to hydrolysis) is 1. The van der Waals surface area contributed by atoms with Crippen molar-refractivity contribution < 1.29 is 28.7 Å². The third-order valence-electron chi connectivity index (χ3n) is 2.18. The SMILES string of the molecule is C=CCN1C(=O)C(=O)N(CC(=O)NC(=O)OC)C1=O. The van der Waals surface area contributed by atoms with E-state index in [1.807, 2.05) is 0 Å². The van der Waals surface area contributed by atoms with E-state index in [9.17, 15) is 24.0 Å². The van der Waals surface area contributed by atoms with Gasteiger partial charge >= 0.3 is 23.9 Å². The molecule has 1 aliphatic rings. The Balaban J connectivity index is 2.74. The third-order valence-corrected chi connectivity index (χ3v) is 2.18. The molecule has 9 heteroatoms. The Hall–Kier alpha value is -2.71. The van der Waals surface area contributed by atoms with Crippen molar-refractivity contribution >= 4 is 29.8 Å². The molecule has 1 heterocycles. The summed E-state index contributed by atoms with van der Waals surface area (Å²) in [4.78, 5) is 57.7. The van der Waals surface area contributed by atoms with Crippen LogP contribution in [0.4, 0.5) is 9.59 Å². The number of carbonyl (C=O) groups is 5. The van der Waals surface area contributed by atoms with E-state index in [0.29, 0.717) is 9.80 Å². The fourth-order valence-electron chi connectivity index (χ4n) is 1.33. The van der Waals surface area contributed by atoms with Gasteiger partial charge in [-0.05, 0) is 0 Å². The first kappa shape index (κ1) is 14.4. The topological polar surface area (TPSA) is 113 Å². The first-order valence-corrected chi connectivity index (χ1v) is 5.08. The second-order valence-corrected chi connectivity index (χ2v) is 3.42. The summed E-state index contributed by atoms with van der Waals surface area (Å²) in [5.74, 6) is -3.12. The normalized spacial score (nSPS) is 14.7. The molecule has 1 saturated heterocycles. The van der Waals surface area contributed by atoms with E-state index in [1.54, 1.807) is 5.32 Å². The average Bonchev–Trinajstić information content (AvgIpc) is 2.56. The lowest BCUT2D eigenvalue weighted by Crippen LogP contribution is -2.43. The minimum Gasteiger partial charge on any atom is -0.453 e. The van der Waals surface area contributed by atoms with Crippen molar-refractivity contribution in [3.63, 3.8) is 0 Å². The number of hydrogen-bond acceptors (Lipinski definition) is 6. The fraction of sp³-hybridized carbons (Fsp3) is 0.300. The number of amides is 6. The van der Waals surface area contributed by atoms with E-state index in [-0.39, 0.29) is 6.54 Å². The predicted molar refractivity (Wildman–Crippen MR) is 59.6 cm³/mol. The number of ether oxygens (including phenoxy) is 1. The highest BCUT2D eigenvalue weighted by Crippen LogP contribution is 2.11. The number of carbonyl (C=O) groups excluding carboxylic acids is 5. The van der Waals surface area contributed by atoms with Gasteiger partial charge in [0.05, 0.1) is 7.11 Å². The zero-order chi connectivity index (χ0) is 14.6. The Labute approximate surface area is 107 Å². The third kappa shape index (κ3) is 2.94. The molecule has 0 unspecified atom stereocenters. The van der Waals surface area contributed by atoms with E-state index in [2.05, 4.69) is 11.3 Å². The van der Waals surface area contributed by atoms with Crippen LogP contribution in [-0.2, 0) is 19.1 Å². The van der Waals surface area contributed by atoms with Crippen LogP contribution in [0.5, 0.6) is 0 Å². The summed E-state index contributed by atoms with van der Waals surface area (Å²) in [5.41, 5.74) is 0. The van der Waals surface area contributed by atoms with Crippen molar-refractivity contribution in [2.45, 2.75) is 0 Å². The average molecular weight is 269 g/mol. The number of urea groups is 1. The van der Waals surface area contributed by atoms with Gasteiger partial charge in [-0.25, -0.2) is 14.5 Å². The van der Waals surface area contributed by atoms with Gasteiger partial charge in [-0.1, -0.05) is 6.08 Å². The van der Waals surface area contributed by atoms with Crippen LogP contribution in [0.1, 0.15) is 0 Å². The summed E-state index contributed by atoms with van der Waals surface area (Å²) in [7, 11) is 1.05. The summed E-state index contributed by atoms with van der Waals surface area (Å²) in [6.45, 7) is 2.45. The van der Waals surface area contributed by atoms with Gasteiger partial charge in [-0.3, -0.25) is 24.6 Å². The molecule has 1 rings (SSSR count). The van der Waals surface area contributed by atoms with Gasteiger partial charge < -0.3 is 4.74 Å². The van der Waals surface area contributed by atoms with Gasteiger partial charge in [0, 0.05) is 6.54 Å². The highest BCUT2D eigenvalue weighted by Gasteiger charge is 2.44. The number of nitrogens with zero attached hydrogens (tertiary/aromatic N) is 2. The number of methoxy groups -OCH3 is 1. The quantitative estimate of drug-likeness (QED) is 0.391. The lowest BCUT2D eigenvalue weighted by atomic mass is 10.4. The number of hydrogen-bond donors (Lipinski definition) is 1. The molecule has 0 aromatic carbocycles. The minimum atomic E-state index is -1.13. The largest absolute Gasteiger partial charge is 0.453 e. The van der Waals surface area contributed by atoms with Crippen LogP contribution in [0.25, 0.3) is 0 Å². The Morgan fingerprint density at radius 2 is 1.84 bits per heavy atom. The molecule has 0 bridgehead atoms. The summed E-state index contributed by atoms with van der Waals surface area (Å²) in [5, 5.41) is 1.76. The molecule has 102 valence electrons. The van der Waals surface area contributed by atoms with E-state index in [1.165, 1.54) is 6.08 Å². The second-order valence-electron chi connectivity index (χ2n) is 3.42. The van der Waals surface area contributed by atoms with Crippen molar-refractivity contribution in [3.05, 3.63) is 12.7 Å².